The largest absolute Gasteiger partial charge is 0.400 e. The van der Waals surface area contributed by atoms with Crippen molar-refractivity contribution in [3.05, 3.63) is 30.1 Å². The zero-order valence-electron chi connectivity index (χ0n) is 7.20. The van der Waals surface area contributed by atoms with Crippen molar-refractivity contribution in [1.82, 2.24) is 9.97 Å². The zero-order chi connectivity index (χ0) is 8.97. The first-order chi connectivity index (χ1) is 5.86. The summed E-state index contributed by atoms with van der Waals surface area (Å²) in [4.78, 5) is 7.40. The number of hydrogen-bond acceptors (Lipinski definition) is 2. The topological polar surface area (TPSA) is 48.9 Å². The second kappa shape index (κ2) is 3.88. The maximum Gasteiger partial charge on any atom is 0.104 e. The van der Waals surface area contributed by atoms with E-state index in [4.69, 9.17) is 5.11 Å². The summed E-state index contributed by atoms with van der Waals surface area (Å²) in [6.45, 7) is 1.96. The second-order valence-corrected chi connectivity index (χ2v) is 2.34. The third-order valence-electron chi connectivity index (χ3n) is 1.51. The molecule has 3 heteroatoms. The molecule has 0 saturated carbocycles. The van der Waals surface area contributed by atoms with E-state index in [9.17, 15) is 0 Å². The summed E-state index contributed by atoms with van der Waals surface area (Å²) in [6, 6.07) is 8.01. The molecule has 0 atom stereocenters. The first-order valence-corrected chi connectivity index (χ1v) is 3.72. The van der Waals surface area contributed by atoms with Crippen molar-refractivity contribution >= 4 is 11.0 Å². The smallest absolute Gasteiger partial charge is 0.104 e. The lowest BCUT2D eigenvalue weighted by molar-refractivity contribution is 0.399. The number of imidazole rings is 1. The fourth-order valence-electron chi connectivity index (χ4n) is 1.08. The van der Waals surface area contributed by atoms with Crippen LogP contribution in [0.4, 0.5) is 0 Å². The van der Waals surface area contributed by atoms with Crippen LogP contribution in [0.2, 0.25) is 0 Å². The van der Waals surface area contributed by atoms with Crippen molar-refractivity contribution in [1.29, 1.82) is 0 Å². The summed E-state index contributed by atoms with van der Waals surface area (Å²) in [7, 11) is 1.00. The first kappa shape index (κ1) is 8.74. The molecule has 2 N–H and O–H groups in total. The van der Waals surface area contributed by atoms with Crippen molar-refractivity contribution in [2.45, 2.75) is 6.92 Å². The third-order valence-corrected chi connectivity index (χ3v) is 1.51. The van der Waals surface area contributed by atoms with E-state index in [0.717, 1.165) is 24.0 Å². The van der Waals surface area contributed by atoms with Crippen molar-refractivity contribution in [3.8, 4) is 0 Å². The van der Waals surface area contributed by atoms with Crippen LogP contribution in [0.15, 0.2) is 24.3 Å². The highest BCUT2D eigenvalue weighted by atomic mass is 16.2. The monoisotopic (exact) mass is 164 g/mol. The van der Waals surface area contributed by atoms with Gasteiger partial charge >= 0.3 is 0 Å². The number of aryl methyl sites for hydroxylation is 1. The Morgan fingerprint density at radius 1 is 1.25 bits per heavy atom. The molecule has 0 saturated heterocycles. The first-order valence-electron chi connectivity index (χ1n) is 3.72. The van der Waals surface area contributed by atoms with Gasteiger partial charge in [0.2, 0.25) is 0 Å². The number of aliphatic hydroxyl groups excluding tert-OH is 1. The summed E-state index contributed by atoms with van der Waals surface area (Å²) >= 11 is 0. The number of aromatic nitrogens is 2. The van der Waals surface area contributed by atoms with Gasteiger partial charge in [0.05, 0.1) is 11.0 Å². The number of para-hydroxylation sites is 2. The van der Waals surface area contributed by atoms with E-state index >= 15 is 0 Å². The Morgan fingerprint density at radius 3 is 2.58 bits per heavy atom. The Bertz CT molecular complexity index is 321. The molecule has 0 spiro atoms. The number of nitrogens with one attached hydrogen (secondary N) is 1. The van der Waals surface area contributed by atoms with Crippen molar-refractivity contribution in [3.63, 3.8) is 0 Å². The summed E-state index contributed by atoms with van der Waals surface area (Å²) < 4.78 is 0. The van der Waals surface area contributed by atoms with Gasteiger partial charge in [-0.1, -0.05) is 12.1 Å². The van der Waals surface area contributed by atoms with E-state index in [-0.39, 0.29) is 0 Å². The van der Waals surface area contributed by atoms with Gasteiger partial charge in [-0.25, -0.2) is 4.98 Å². The van der Waals surface area contributed by atoms with Crippen LogP contribution in [0, 0.1) is 6.92 Å². The number of rotatable bonds is 0. The van der Waals surface area contributed by atoms with E-state index in [1.165, 1.54) is 0 Å². The molecule has 1 aromatic carbocycles. The van der Waals surface area contributed by atoms with E-state index in [2.05, 4.69) is 9.97 Å². The minimum Gasteiger partial charge on any atom is -0.400 e. The predicted molar refractivity (Wildman–Crippen MR) is 49.0 cm³/mol. The summed E-state index contributed by atoms with van der Waals surface area (Å²) in [5, 5.41) is 7.00. The number of fused-ring (bicyclic) bond motifs is 1. The molecule has 2 rings (SSSR count). The van der Waals surface area contributed by atoms with Gasteiger partial charge in [-0.05, 0) is 19.1 Å². The normalized spacial score (nSPS) is 9.25. The van der Waals surface area contributed by atoms with Gasteiger partial charge in [0.1, 0.15) is 5.82 Å². The quantitative estimate of drug-likeness (QED) is 0.619. The molecule has 64 valence electrons. The van der Waals surface area contributed by atoms with Crippen LogP contribution < -0.4 is 0 Å². The number of H-pyrrole nitrogens is 1. The Kier molecular flexibility index (Phi) is 2.82. The minimum absolute atomic E-state index is 0.973. The SMILES string of the molecule is CO.Cc1nc2ccccc2[nH]1. The highest BCUT2D eigenvalue weighted by Gasteiger charge is 1.93. The molecule has 0 aliphatic rings. The van der Waals surface area contributed by atoms with Gasteiger partial charge in [-0.15, -0.1) is 0 Å². The predicted octanol–water partition coefficient (Wildman–Crippen LogP) is 1.48. The molecular weight excluding hydrogens is 152 g/mol. The van der Waals surface area contributed by atoms with Gasteiger partial charge in [0.25, 0.3) is 0 Å². The van der Waals surface area contributed by atoms with E-state index in [1.807, 2.05) is 31.2 Å². The van der Waals surface area contributed by atoms with Gasteiger partial charge in [-0.2, -0.15) is 0 Å². The lowest BCUT2D eigenvalue weighted by Crippen LogP contribution is -1.68. The van der Waals surface area contributed by atoms with E-state index in [1.54, 1.807) is 0 Å². The molecule has 0 bridgehead atoms. The Morgan fingerprint density at radius 2 is 1.92 bits per heavy atom. The average molecular weight is 164 g/mol. The van der Waals surface area contributed by atoms with Crippen molar-refractivity contribution in [2.75, 3.05) is 7.11 Å². The zero-order valence-corrected chi connectivity index (χ0v) is 7.20. The molecule has 1 aromatic heterocycles. The third kappa shape index (κ3) is 1.62. The Labute approximate surface area is 71.1 Å². The van der Waals surface area contributed by atoms with Crippen LogP contribution in [0.25, 0.3) is 11.0 Å². The van der Waals surface area contributed by atoms with Gasteiger partial charge in [0, 0.05) is 7.11 Å². The highest BCUT2D eigenvalue weighted by Crippen LogP contribution is 2.08. The number of aromatic amines is 1. The van der Waals surface area contributed by atoms with Crippen LogP contribution in [0.5, 0.6) is 0 Å². The number of aliphatic hydroxyl groups is 1. The number of hydrogen-bond donors (Lipinski definition) is 2. The van der Waals surface area contributed by atoms with Gasteiger partial charge in [0.15, 0.2) is 0 Å². The summed E-state index contributed by atoms with van der Waals surface area (Å²) in [5.74, 6) is 0.973. The fraction of sp³-hybridized carbons (Fsp3) is 0.222. The number of nitrogens with zero attached hydrogens (tertiary/aromatic N) is 1. The lowest BCUT2D eigenvalue weighted by atomic mass is 10.3. The molecule has 0 amide bonds. The van der Waals surface area contributed by atoms with E-state index in [0.29, 0.717) is 0 Å². The average Bonchev–Trinajstić information content (AvgIpc) is 2.48. The van der Waals surface area contributed by atoms with E-state index < -0.39 is 0 Å². The molecule has 1 heterocycles. The molecule has 0 unspecified atom stereocenters. The molecular formula is C9H12N2O. The Balaban J connectivity index is 0.000000336. The molecule has 3 nitrogen and oxygen atoms in total. The Hall–Kier alpha value is -1.35. The molecule has 12 heavy (non-hydrogen) atoms. The van der Waals surface area contributed by atoms with Crippen LogP contribution >= 0.6 is 0 Å². The number of benzene rings is 1. The lowest BCUT2D eigenvalue weighted by Gasteiger charge is -1.81. The van der Waals surface area contributed by atoms with Crippen LogP contribution in [-0.4, -0.2) is 22.2 Å². The molecule has 0 aliphatic carbocycles. The molecule has 0 fully saturated rings. The molecule has 2 aromatic rings. The maximum absolute atomic E-state index is 7.00. The summed E-state index contributed by atoms with van der Waals surface area (Å²) in [5.41, 5.74) is 2.15. The summed E-state index contributed by atoms with van der Waals surface area (Å²) in [6.07, 6.45) is 0. The van der Waals surface area contributed by atoms with Crippen LogP contribution in [0.1, 0.15) is 5.82 Å². The van der Waals surface area contributed by atoms with Crippen LogP contribution in [-0.2, 0) is 0 Å². The standard InChI is InChI=1S/C8H8N2.CH4O/c1-6-9-7-4-2-3-5-8(7)10-6;1-2/h2-5H,1H3,(H,9,10);2H,1H3. The fourth-order valence-corrected chi connectivity index (χ4v) is 1.08. The second-order valence-electron chi connectivity index (χ2n) is 2.34. The van der Waals surface area contributed by atoms with Gasteiger partial charge in [-0.3, -0.25) is 0 Å². The van der Waals surface area contributed by atoms with Crippen molar-refractivity contribution < 1.29 is 5.11 Å². The highest BCUT2D eigenvalue weighted by molar-refractivity contribution is 5.74. The van der Waals surface area contributed by atoms with Gasteiger partial charge < -0.3 is 10.1 Å². The van der Waals surface area contributed by atoms with Crippen molar-refractivity contribution in [2.24, 2.45) is 0 Å². The van der Waals surface area contributed by atoms with Crippen LogP contribution in [0.3, 0.4) is 0 Å². The minimum atomic E-state index is 0.973. The molecule has 0 aliphatic heterocycles. The molecule has 0 radical (unpaired) electrons. The maximum atomic E-state index is 7.00.